The van der Waals surface area contributed by atoms with Gasteiger partial charge in [-0.15, -0.1) is 11.3 Å². The van der Waals surface area contributed by atoms with Crippen molar-refractivity contribution in [2.24, 2.45) is 5.92 Å². The number of hydrogen-bond acceptors (Lipinski definition) is 3. The van der Waals surface area contributed by atoms with Crippen molar-refractivity contribution >= 4 is 34.5 Å². The maximum atomic E-state index is 13.3. The molecule has 1 aliphatic carbocycles. The lowest BCUT2D eigenvalue weighted by Crippen LogP contribution is -2.19. The molecule has 0 saturated heterocycles. The van der Waals surface area contributed by atoms with Gasteiger partial charge in [-0.2, -0.15) is 13.2 Å². The van der Waals surface area contributed by atoms with Crippen LogP contribution in [0.2, 0.25) is 0 Å². The molecule has 0 bridgehead atoms. The molecule has 4 rings (SSSR count). The molecule has 2 N–H and O–H groups in total. The largest absolute Gasteiger partial charge is 0.416 e. The number of carbonyl (C=O) groups is 2. The maximum absolute atomic E-state index is 13.3. The summed E-state index contributed by atoms with van der Waals surface area (Å²) in [4.78, 5) is 25.9. The molecule has 4 nitrogen and oxygen atoms in total. The molecular weight excluding hydrogens is 425 g/mol. The van der Waals surface area contributed by atoms with Crippen LogP contribution in [0.3, 0.4) is 0 Å². The van der Waals surface area contributed by atoms with E-state index in [1.807, 2.05) is 17.5 Å². The number of rotatable bonds is 6. The van der Waals surface area contributed by atoms with Gasteiger partial charge >= 0.3 is 6.18 Å². The molecule has 160 valence electrons. The standard InChI is InChI=1S/C23H19F3N2O2S/c24-23(25,26)18-8-2-1-7-15(18)16-13-17(16)22(30)28-20-10-4-3-9-19(20)27-21(29)12-14-6-5-11-31-14/h1-11,16-17H,12-13H2,(H,27,29)(H,28,30). The second-order valence-corrected chi connectivity index (χ2v) is 8.41. The first kappa shape index (κ1) is 21.1. The van der Waals surface area contributed by atoms with Gasteiger partial charge < -0.3 is 10.6 Å². The number of nitrogens with one attached hydrogen (secondary N) is 2. The van der Waals surface area contributed by atoms with Crippen LogP contribution >= 0.6 is 11.3 Å². The lowest BCUT2D eigenvalue weighted by Gasteiger charge is -2.14. The van der Waals surface area contributed by atoms with Crippen molar-refractivity contribution in [3.63, 3.8) is 0 Å². The Balaban J connectivity index is 1.43. The van der Waals surface area contributed by atoms with E-state index in [9.17, 15) is 22.8 Å². The van der Waals surface area contributed by atoms with Gasteiger partial charge in [-0.3, -0.25) is 9.59 Å². The van der Waals surface area contributed by atoms with E-state index in [1.165, 1.54) is 23.5 Å². The molecule has 1 aromatic heterocycles. The number of hydrogen-bond donors (Lipinski definition) is 2. The molecule has 1 saturated carbocycles. The molecule has 1 heterocycles. The number of alkyl halides is 3. The molecule has 2 amide bonds. The van der Waals surface area contributed by atoms with Crippen molar-refractivity contribution < 1.29 is 22.8 Å². The van der Waals surface area contributed by atoms with Crippen LogP contribution in [0, 0.1) is 5.92 Å². The van der Waals surface area contributed by atoms with Gasteiger partial charge in [0.2, 0.25) is 11.8 Å². The minimum atomic E-state index is -4.46. The number of anilines is 2. The van der Waals surface area contributed by atoms with E-state index < -0.39 is 23.6 Å². The van der Waals surface area contributed by atoms with Gasteiger partial charge in [-0.1, -0.05) is 36.4 Å². The fraction of sp³-hybridized carbons (Fsp3) is 0.217. The lowest BCUT2D eigenvalue weighted by molar-refractivity contribution is -0.138. The van der Waals surface area contributed by atoms with Crippen LogP contribution in [0.1, 0.15) is 28.3 Å². The molecule has 31 heavy (non-hydrogen) atoms. The van der Waals surface area contributed by atoms with Crippen molar-refractivity contribution in [2.75, 3.05) is 10.6 Å². The van der Waals surface area contributed by atoms with Gasteiger partial charge in [-0.05, 0) is 47.5 Å². The van der Waals surface area contributed by atoms with Crippen LogP contribution in [0.15, 0.2) is 66.0 Å². The summed E-state index contributed by atoms with van der Waals surface area (Å²) in [6.07, 6.45) is -3.88. The smallest absolute Gasteiger partial charge is 0.324 e. The number of halogens is 3. The van der Waals surface area contributed by atoms with E-state index >= 15 is 0 Å². The Hall–Kier alpha value is -3.13. The third-order valence-electron chi connectivity index (χ3n) is 5.17. The zero-order valence-corrected chi connectivity index (χ0v) is 17.1. The van der Waals surface area contributed by atoms with E-state index in [2.05, 4.69) is 10.6 Å². The maximum Gasteiger partial charge on any atom is 0.416 e. The monoisotopic (exact) mass is 444 g/mol. The number of para-hydroxylation sites is 2. The second-order valence-electron chi connectivity index (χ2n) is 7.37. The van der Waals surface area contributed by atoms with Gasteiger partial charge in [-0.25, -0.2) is 0 Å². The molecule has 8 heteroatoms. The molecule has 2 aromatic carbocycles. The first-order chi connectivity index (χ1) is 14.8. The topological polar surface area (TPSA) is 58.2 Å². The fourth-order valence-electron chi connectivity index (χ4n) is 3.60. The van der Waals surface area contributed by atoms with Crippen LogP contribution in [-0.4, -0.2) is 11.8 Å². The molecular formula is C23H19F3N2O2S. The number of benzene rings is 2. The summed E-state index contributed by atoms with van der Waals surface area (Å²) in [5.41, 5.74) is 0.316. The molecule has 0 aliphatic heterocycles. The average molecular weight is 444 g/mol. The van der Waals surface area contributed by atoms with E-state index in [-0.39, 0.29) is 23.8 Å². The van der Waals surface area contributed by atoms with Gasteiger partial charge in [0, 0.05) is 10.8 Å². The summed E-state index contributed by atoms with van der Waals surface area (Å²) >= 11 is 1.48. The fourth-order valence-corrected chi connectivity index (χ4v) is 4.30. The van der Waals surface area contributed by atoms with E-state index in [0.29, 0.717) is 17.8 Å². The molecule has 0 radical (unpaired) electrons. The highest BCUT2D eigenvalue weighted by molar-refractivity contribution is 7.10. The Morgan fingerprint density at radius 3 is 2.29 bits per heavy atom. The highest BCUT2D eigenvalue weighted by Crippen LogP contribution is 2.51. The van der Waals surface area contributed by atoms with E-state index in [4.69, 9.17) is 0 Å². The SMILES string of the molecule is O=C(Cc1cccs1)Nc1ccccc1NC(=O)C1CC1c1ccccc1C(F)(F)F. The number of carbonyl (C=O) groups excluding carboxylic acids is 2. The Morgan fingerprint density at radius 1 is 0.935 bits per heavy atom. The summed E-state index contributed by atoms with van der Waals surface area (Å²) in [6.45, 7) is 0. The van der Waals surface area contributed by atoms with E-state index in [1.54, 1.807) is 30.3 Å². The van der Waals surface area contributed by atoms with Crippen LogP contribution in [0.5, 0.6) is 0 Å². The van der Waals surface area contributed by atoms with Crippen molar-refractivity contribution in [3.8, 4) is 0 Å². The third kappa shape index (κ3) is 4.96. The molecule has 0 spiro atoms. The van der Waals surface area contributed by atoms with Gasteiger partial charge in [0.05, 0.1) is 23.4 Å². The van der Waals surface area contributed by atoms with Crippen molar-refractivity contribution in [2.45, 2.75) is 24.9 Å². The molecule has 2 atom stereocenters. The first-order valence-corrected chi connectivity index (χ1v) is 10.6. The Labute approximate surface area is 181 Å². The zero-order valence-electron chi connectivity index (χ0n) is 16.3. The van der Waals surface area contributed by atoms with Crippen molar-refractivity contribution in [1.82, 2.24) is 0 Å². The second kappa shape index (κ2) is 8.55. The van der Waals surface area contributed by atoms with Gasteiger partial charge in [0.1, 0.15) is 0 Å². The number of amides is 2. The lowest BCUT2D eigenvalue weighted by atomic mass is 10.0. The molecule has 2 unspecified atom stereocenters. The molecule has 1 aliphatic rings. The zero-order chi connectivity index (χ0) is 22.0. The summed E-state index contributed by atoms with van der Waals surface area (Å²) in [5.74, 6) is -1.59. The first-order valence-electron chi connectivity index (χ1n) is 9.71. The van der Waals surface area contributed by atoms with Crippen molar-refractivity contribution in [3.05, 3.63) is 82.0 Å². The Kier molecular flexibility index (Phi) is 5.82. The predicted molar refractivity (Wildman–Crippen MR) is 114 cm³/mol. The van der Waals surface area contributed by atoms with Gasteiger partial charge in [0.25, 0.3) is 0 Å². The quantitative estimate of drug-likeness (QED) is 0.513. The van der Waals surface area contributed by atoms with Crippen LogP contribution in [-0.2, 0) is 22.2 Å². The average Bonchev–Trinajstić information content (AvgIpc) is 3.38. The van der Waals surface area contributed by atoms with Gasteiger partial charge in [0.15, 0.2) is 0 Å². The van der Waals surface area contributed by atoms with Crippen molar-refractivity contribution in [1.29, 1.82) is 0 Å². The normalized spacial score (nSPS) is 17.8. The van der Waals surface area contributed by atoms with Crippen LogP contribution < -0.4 is 10.6 Å². The predicted octanol–water partition coefficient (Wildman–Crippen LogP) is 5.69. The highest BCUT2D eigenvalue weighted by atomic mass is 32.1. The Morgan fingerprint density at radius 2 is 1.61 bits per heavy atom. The summed E-state index contributed by atoms with van der Waals surface area (Å²) in [6, 6.07) is 15.9. The minimum absolute atomic E-state index is 0.146. The molecule has 1 fully saturated rings. The molecule has 3 aromatic rings. The Bertz CT molecular complexity index is 1100. The number of thiophene rings is 1. The van der Waals surface area contributed by atoms with Crippen LogP contribution in [0.25, 0.3) is 0 Å². The van der Waals surface area contributed by atoms with E-state index in [0.717, 1.165) is 10.9 Å². The summed E-state index contributed by atoms with van der Waals surface area (Å²) in [5, 5.41) is 7.44. The van der Waals surface area contributed by atoms with Crippen LogP contribution in [0.4, 0.5) is 24.5 Å². The highest BCUT2D eigenvalue weighted by Gasteiger charge is 2.47. The summed E-state index contributed by atoms with van der Waals surface area (Å²) < 4.78 is 39.8. The summed E-state index contributed by atoms with van der Waals surface area (Å²) in [7, 11) is 0. The minimum Gasteiger partial charge on any atom is -0.324 e. The third-order valence-corrected chi connectivity index (χ3v) is 6.04.